The average molecular weight is 174 g/mol. The van der Waals surface area contributed by atoms with Crippen LogP contribution in [0.3, 0.4) is 0 Å². The Bertz CT molecular complexity index is 172. The highest BCUT2D eigenvalue weighted by molar-refractivity contribution is 5.73. The summed E-state index contributed by atoms with van der Waals surface area (Å²) >= 11 is 0. The van der Waals surface area contributed by atoms with Crippen LogP contribution in [-0.4, -0.2) is 55.5 Å². The minimum atomic E-state index is -0.575. The van der Waals surface area contributed by atoms with E-state index in [9.17, 15) is 9.90 Å². The Kier molecular flexibility index (Phi) is 2.88. The highest BCUT2D eigenvalue weighted by atomic mass is 16.5. The number of amides is 2. The molecule has 0 bridgehead atoms. The average Bonchev–Trinajstić information content (AvgIpc) is 2.36. The second-order valence-electron chi connectivity index (χ2n) is 3.06. The molecule has 12 heavy (non-hydrogen) atoms. The van der Waals surface area contributed by atoms with Crippen molar-refractivity contribution in [1.82, 2.24) is 10.2 Å². The first-order chi connectivity index (χ1) is 5.61. The number of hydrogen-bond acceptors (Lipinski definition) is 3. The van der Waals surface area contributed by atoms with E-state index in [-0.39, 0.29) is 12.1 Å². The molecule has 5 nitrogen and oxygen atoms in total. The van der Waals surface area contributed by atoms with Crippen LogP contribution in [-0.2, 0) is 4.74 Å². The van der Waals surface area contributed by atoms with Gasteiger partial charge in [0.15, 0.2) is 0 Å². The molecule has 0 radical (unpaired) electrons. The normalized spacial score (nSPS) is 28.6. The first-order valence-electron chi connectivity index (χ1n) is 3.85. The number of nitrogens with zero attached hydrogens (tertiary/aromatic N) is 1. The van der Waals surface area contributed by atoms with Gasteiger partial charge in [-0.05, 0) is 0 Å². The van der Waals surface area contributed by atoms with Gasteiger partial charge in [0.25, 0.3) is 0 Å². The molecule has 0 aliphatic carbocycles. The van der Waals surface area contributed by atoms with Gasteiger partial charge in [0.1, 0.15) is 0 Å². The fourth-order valence-electron chi connectivity index (χ4n) is 0.969. The zero-order chi connectivity index (χ0) is 9.14. The molecule has 2 atom stereocenters. The van der Waals surface area contributed by atoms with E-state index in [2.05, 4.69) is 5.32 Å². The lowest BCUT2D eigenvalue weighted by Crippen LogP contribution is -2.46. The summed E-state index contributed by atoms with van der Waals surface area (Å²) in [5, 5.41) is 11.9. The maximum atomic E-state index is 11.1. The standard InChI is InChI=1S/C7H14N2O3/c1-9(2)7(11)8-5-3-12-4-6(5)10/h5-6,10H,3-4H2,1-2H3,(H,8,11). The number of carbonyl (C=O) groups excluding carboxylic acids is 1. The van der Waals surface area contributed by atoms with Crippen LogP contribution in [0.15, 0.2) is 0 Å². The summed E-state index contributed by atoms with van der Waals surface area (Å²) in [6.07, 6.45) is -0.575. The van der Waals surface area contributed by atoms with Gasteiger partial charge >= 0.3 is 6.03 Å². The van der Waals surface area contributed by atoms with Gasteiger partial charge in [-0.15, -0.1) is 0 Å². The van der Waals surface area contributed by atoms with E-state index in [0.717, 1.165) is 0 Å². The molecule has 0 aromatic heterocycles. The second kappa shape index (κ2) is 3.73. The van der Waals surface area contributed by atoms with Crippen LogP contribution in [0.2, 0.25) is 0 Å². The van der Waals surface area contributed by atoms with E-state index in [0.29, 0.717) is 13.2 Å². The molecule has 1 rings (SSSR count). The van der Waals surface area contributed by atoms with E-state index in [1.54, 1.807) is 14.1 Å². The van der Waals surface area contributed by atoms with Gasteiger partial charge in [0.2, 0.25) is 0 Å². The van der Waals surface area contributed by atoms with E-state index >= 15 is 0 Å². The third kappa shape index (κ3) is 2.09. The number of hydrogen-bond donors (Lipinski definition) is 2. The number of nitrogens with one attached hydrogen (secondary N) is 1. The lowest BCUT2D eigenvalue weighted by atomic mass is 10.2. The number of aliphatic hydroxyl groups is 1. The quantitative estimate of drug-likeness (QED) is 0.537. The van der Waals surface area contributed by atoms with Crippen molar-refractivity contribution in [1.29, 1.82) is 0 Å². The van der Waals surface area contributed by atoms with Crippen LogP contribution >= 0.6 is 0 Å². The van der Waals surface area contributed by atoms with Crippen LogP contribution in [0.1, 0.15) is 0 Å². The number of ether oxygens (including phenoxy) is 1. The van der Waals surface area contributed by atoms with Gasteiger partial charge in [0, 0.05) is 14.1 Å². The van der Waals surface area contributed by atoms with Crippen molar-refractivity contribution in [2.24, 2.45) is 0 Å². The van der Waals surface area contributed by atoms with E-state index in [1.807, 2.05) is 0 Å². The number of urea groups is 1. The molecule has 0 spiro atoms. The lowest BCUT2D eigenvalue weighted by molar-refractivity contribution is 0.122. The van der Waals surface area contributed by atoms with Crippen molar-refractivity contribution in [2.45, 2.75) is 12.1 Å². The third-order valence-corrected chi connectivity index (χ3v) is 1.77. The predicted octanol–water partition coefficient (Wildman–Crippen LogP) is -0.983. The van der Waals surface area contributed by atoms with E-state index in [1.165, 1.54) is 4.90 Å². The monoisotopic (exact) mass is 174 g/mol. The Hall–Kier alpha value is -0.810. The van der Waals surface area contributed by atoms with Gasteiger partial charge in [0.05, 0.1) is 25.4 Å². The zero-order valence-electron chi connectivity index (χ0n) is 7.28. The molecule has 2 unspecified atom stereocenters. The number of rotatable bonds is 1. The Balaban J connectivity index is 2.35. The highest BCUT2D eigenvalue weighted by Gasteiger charge is 2.27. The predicted molar refractivity (Wildman–Crippen MR) is 42.8 cm³/mol. The fraction of sp³-hybridized carbons (Fsp3) is 0.857. The summed E-state index contributed by atoms with van der Waals surface area (Å²) in [6.45, 7) is 0.694. The zero-order valence-corrected chi connectivity index (χ0v) is 7.28. The van der Waals surface area contributed by atoms with Crippen LogP contribution in [0.4, 0.5) is 4.79 Å². The van der Waals surface area contributed by atoms with Crippen molar-refractivity contribution >= 4 is 6.03 Å². The van der Waals surface area contributed by atoms with Crippen LogP contribution in [0.25, 0.3) is 0 Å². The molecule has 0 saturated carbocycles. The van der Waals surface area contributed by atoms with Crippen LogP contribution in [0.5, 0.6) is 0 Å². The van der Waals surface area contributed by atoms with Gasteiger partial charge < -0.3 is 20.1 Å². The van der Waals surface area contributed by atoms with Crippen molar-refractivity contribution in [3.8, 4) is 0 Å². The molecule has 1 aliphatic rings. The topological polar surface area (TPSA) is 61.8 Å². The first kappa shape index (κ1) is 9.28. The molecule has 1 fully saturated rings. The van der Waals surface area contributed by atoms with Crippen LogP contribution < -0.4 is 5.32 Å². The Morgan fingerprint density at radius 3 is 2.67 bits per heavy atom. The summed E-state index contributed by atoms with van der Waals surface area (Å²) in [5.74, 6) is 0. The summed E-state index contributed by atoms with van der Waals surface area (Å²) in [5.41, 5.74) is 0. The maximum absolute atomic E-state index is 11.1. The lowest BCUT2D eigenvalue weighted by Gasteiger charge is -2.18. The van der Waals surface area contributed by atoms with Crippen LogP contribution in [0, 0.1) is 0 Å². The largest absolute Gasteiger partial charge is 0.388 e. The molecule has 1 aliphatic heterocycles. The van der Waals surface area contributed by atoms with Crippen molar-refractivity contribution in [2.75, 3.05) is 27.3 Å². The van der Waals surface area contributed by atoms with Crippen molar-refractivity contribution < 1.29 is 14.6 Å². The smallest absolute Gasteiger partial charge is 0.317 e. The molecule has 1 heterocycles. The van der Waals surface area contributed by atoms with E-state index < -0.39 is 6.10 Å². The summed E-state index contributed by atoms with van der Waals surface area (Å²) in [4.78, 5) is 12.5. The Morgan fingerprint density at radius 1 is 1.58 bits per heavy atom. The van der Waals surface area contributed by atoms with Crippen molar-refractivity contribution in [3.05, 3.63) is 0 Å². The number of aliphatic hydroxyl groups excluding tert-OH is 1. The summed E-state index contributed by atoms with van der Waals surface area (Å²) < 4.78 is 4.97. The minimum Gasteiger partial charge on any atom is -0.388 e. The highest BCUT2D eigenvalue weighted by Crippen LogP contribution is 2.04. The summed E-state index contributed by atoms with van der Waals surface area (Å²) in [7, 11) is 3.30. The molecule has 5 heteroatoms. The van der Waals surface area contributed by atoms with Gasteiger partial charge in [-0.25, -0.2) is 4.79 Å². The molecule has 1 saturated heterocycles. The van der Waals surface area contributed by atoms with E-state index in [4.69, 9.17) is 4.74 Å². The third-order valence-electron chi connectivity index (χ3n) is 1.77. The SMILES string of the molecule is CN(C)C(=O)NC1COCC1O. The van der Waals surface area contributed by atoms with Gasteiger partial charge in [-0.3, -0.25) is 0 Å². The van der Waals surface area contributed by atoms with Gasteiger partial charge in [-0.2, -0.15) is 0 Å². The molecular weight excluding hydrogens is 160 g/mol. The Labute approximate surface area is 71.3 Å². The molecule has 2 amide bonds. The fourth-order valence-corrected chi connectivity index (χ4v) is 0.969. The molecule has 2 N–H and O–H groups in total. The molecule has 70 valence electrons. The number of carbonyl (C=O) groups is 1. The summed E-state index contributed by atoms with van der Waals surface area (Å²) in [6, 6.07) is -0.468. The second-order valence-corrected chi connectivity index (χ2v) is 3.06. The Morgan fingerprint density at radius 2 is 2.25 bits per heavy atom. The molecule has 0 aromatic carbocycles. The first-order valence-corrected chi connectivity index (χ1v) is 3.85. The maximum Gasteiger partial charge on any atom is 0.317 e. The molecule has 0 aromatic rings. The van der Waals surface area contributed by atoms with Gasteiger partial charge in [-0.1, -0.05) is 0 Å². The molecular formula is C7H14N2O3. The minimum absolute atomic E-state index is 0.204. The van der Waals surface area contributed by atoms with Crippen molar-refractivity contribution in [3.63, 3.8) is 0 Å².